The fourth-order valence-electron chi connectivity index (χ4n) is 3.95. The van der Waals surface area contributed by atoms with Gasteiger partial charge < -0.3 is 18.3 Å². The first kappa shape index (κ1) is 21.4. The van der Waals surface area contributed by atoms with Gasteiger partial charge in [0, 0.05) is 11.5 Å². The Kier molecular flexibility index (Phi) is 5.08. The van der Waals surface area contributed by atoms with Crippen LogP contribution in [-0.2, 0) is 0 Å². The average Bonchev–Trinajstić information content (AvgIpc) is 2.90. The summed E-state index contributed by atoms with van der Waals surface area (Å²) in [6.07, 6.45) is 1.21. The molecule has 0 unspecified atom stereocenters. The standard InChI is InChI=1S/C29H16O7/c30-27-22-12-11-21(35-28(31)23-14-19-7-3-4-8-24(19)36-29(23)32)15-25(22)33-16-26(27)34-20-10-9-17-5-1-2-6-18(17)13-20/h1-16H. The molecular weight excluding hydrogens is 460 g/mol. The van der Waals surface area contributed by atoms with Gasteiger partial charge in [0.15, 0.2) is 0 Å². The summed E-state index contributed by atoms with van der Waals surface area (Å²) in [5, 5.41) is 2.87. The van der Waals surface area contributed by atoms with Crippen molar-refractivity contribution in [3.05, 3.63) is 123 Å². The predicted molar refractivity (Wildman–Crippen MR) is 134 cm³/mol. The first-order valence-electron chi connectivity index (χ1n) is 11.0. The summed E-state index contributed by atoms with van der Waals surface area (Å²) in [7, 11) is 0. The van der Waals surface area contributed by atoms with E-state index in [9.17, 15) is 14.4 Å². The van der Waals surface area contributed by atoms with Gasteiger partial charge in [0.25, 0.3) is 0 Å². The van der Waals surface area contributed by atoms with E-state index in [0.29, 0.717) is 16.7 Å². The Morgan fingerprint density at radius 1 is 0.694 bits per heavy atom. The third kappa shape index (κ3) is 3.88. The maximum Gasteiger partial charge on any atom is 0.351 e. The highest BCUT2D eigenvalue weighted by atomic mass is 16.5. The van der Waals surface area contributed by atoms with Crippen LogP contribution in [0.4, 0.5) is 0 Å². The van der Waals surface area contributed by atoms with Gasteiger partial charge in [0.1, 0.15) is 34.5 Å². The molecule has 36 heavy (non-hydrogen) atoms. The molecule has 6 rings (SSSR count). The number of ether oxygens (including phenoxy) is 2. The SMILES string of the molecule is O=C(Oc1ccc2c(=O)c(Oc3ccc4ccccc4c3)coc2c1)c1cc2ccccc2oc1=O. The van der Waals surface area contributed by atoms with Gasteiger partial charge in [-0.05, 0) is 47.2 Å². The van der Waals surface area contributed by atoms with Gasteiger partial charge in [-0.1, -0.05) is 48.5 Å². The number of para-hydroxylation sites is 1. The van der Waals surface area contributed by atoms with Crippen LogP contribution in [0.5, 0.6) is 17.2 Å². The molecule has 0 saturated carbocycles. The molecule has 2 aromatic heterocycles. The van der Waals surface area contributed by atoms with E-state index in [4.69, 9.17) is 18.3 Å². The number of hydrogen-bond donors (Lipinski definition) is 0. The van der Waals surface area contributed by atoms with E-state index in [1.54, 1.807) is 30.3 Å². The largest absolute Gasteiger partial charge is 0.460 e. The summed E-state index contributed by atoms with van der Waals surface area (Å²) in [6.45, 7) is 0. The smallest absolute Gasteiger partial charge is 0.351 e. The summed E-state index contributed by atoms with van der Waals surface area (Å²) in [5.74, 6) is -0.254. The quantitative estimate of drug-likeness (QED) is 0.173. The van der Waals surface area contributed by atoms with E-state index < -0.39 is 11.6 Å². The van der Waals surface area contributed by atoms with Crippen LogP contribution in [0.3, 0.4) is 0 Å². The van der Waals surface area contributed by atoms with Crippen LogP contribution in [0, 0.1) is 0 Å². The molecule has 0 fully saturated rings. The first-order valence-corrected chi connectivity index (χ1v) is 11.0. The molecule has 0 aliphatic rings. The van der Waals surface area contributed by atoms with Gasteiger partial charge in [0.05, 0.1) is 5.39 Å². The molecule has 7 nitrogen and oxygen atoms in total. The summed E-state index contributed by atoms with van der Waals surface area (Å²) < 4.78 is 21.9. The Labute approximate surface area is 202 Å². The lowest BCUT2D eigenvalue weighted by atomic mass is 10.1. The monoisotopic (exact) mass is 476 g/mol. The minimum absolute atomic E-state index is 0.0243. The highest BCUT2D eigenvalue weighted by Crippen LogP contribution is 2.27. The second kappa shape index (κ2) is 8.56. The molecule has 0 N–H and O–H groups in total. The van der Waals surface area contributed by atoms with E-state index in [-0.39, 0.29) is 33.5 Å². The highest BCUT2D eigenvalue weighted by Gasteiger charge is 2.17. The normalized spacial score (nSPS) is 11.1. The van der Waals surface area contributed by atoms with E-state index >= 15 is 0 Å². The van der Waals surface area contributed by atoms with Crippen LogP contribution in [0.1, 0.15) is 10.4 Å². The van der Waals surface area contributed by atoms with Crippen molar-refractivity contribution >= 4 is 38.7 Å². The Hall–Kier alpha value is -5.17. The molecule has 6 aromatic rings. The maximum absolute atomic E-state index is 13.0. The van der Waals surface area contributed by atoms with Gasteiger partial charge in [-0.15, -0.1) is 0 Å². The topological polar surface area (TPSA) is 96.0 Å². The Morgan fingerprint density at radius 3 is 2.31 bits per heavy atom. The Bertz CT molecular complexity index is 1910. The van der Waals surface area contributed by atoms with Gasteiger partial charge in [-0.2, -0.15) is 0 Å². The molecule has 0 atom stereocenters. The number of rotatable bonds is 4. The van der Waals surface area contributed by atoms with Crippen LogP contribution in [0.25, 0.3) is 32.7 Å². The number of carbonyl (C=O) groups is 1. The predicted octanol–water partition coefficient (Wildman–Crippen LogP) is 6.06. The first-order chi connectivity index (χ1) is 17.5. The highest BCUT2D eigenvalue weighted by molar-refractivity contribution is 5.94. The van der Waals surface area contributed by atoms with Gasteiger partial charge in [-0.25, -0.2) is 9.59 Å². The van der Waals surface area contributed by atoms with Crippen LogP contribution in [0.2, 0.25) is 0 Å². The molecule has 7 heteroatoms. The van der Waals surface area contributed by atoms with Crippen LogP contribution in [-0.4, -0.2) is 5.97 Å². The molecule has 4 aromatic carbocycles. The zero-order valence-electron chi connectivity index (χ0n) is 18.6. The van der Waals surface area contributed by atoms with Crippen molar-refractivity contribution < 1.29 is 23.1 Å². The molecule has 0 spiro atoms. The third-order valence-corrected chi connectivity index (χ3v) is 5.74. The molecule has 0 saturated heterocycles. The number of hydrogen-bond acceptors (Lipinski definition) is 7. The number of carbonyl (C=O) groups excluding carboxylic acids is 1. The van der Waals surface area contributed by atoms with Crippen molar-refractivity contribution in [3.8, 4) is 17.2 Å². The summed E-state index contributed by atoms with van der Waals surface area (Å²) in [5.41, 5.74) is -0.858. The molecule has 0 bridgehead atoms. The Balaban J connectivity index is 1.27. The summed E-state index contributed by atoms with van der Waals surface area (Å²) in [4.78, 5) is 37.9. The number of esters is 1. The van der Waals surface area contributed by atoms with E-state index in [0.717, 1.165) is 10.8 Å². The molecular formula is C29H16O7. The fourth-order valence-corrected chi connectivity index (χ4v) is 3.95. The van der Waals surface area contributed by atoms with E-state index in [2.05, 4.69) is 0 Å². The molecule has 0 aliphatic carbocycles. The van der Waals surface area contributed by atoms with Crippen molar-refractivity contribution in [3.63, 3.8) is 0 Å². The van der Waals surface area contributed by atoms with Crippen molar-refractivity contribution in [2.24, 2.45) is 0 Å². The van der Waals surface area contributed by atoms with Gasteiger partial charge >= 0.3 is 11.6 Å². The third-order valence-electron chi connectivity index (χ3n) is 5.74. The lowest BCUT2D eigenvalue weighted by molar-refractivity contribution is 0.0730. The molecule has 2 heterocycles. The van der Waals surface area contributed by atoms with Crippen LogP contribution >= 0.6 is 0 Å². The minimum atomic E-state index is -0.882. The van der Waals surface area contributed by atoms with Crippen molar-refractivity contribution in [2.45, 2.75) is 0 Å². The molecule has 0 radical (unpaired) electrons. The molecule has 0 aliphatic heterocycles. The Morgan fingerprint density at radius 2 is 1.44 bits per heavy atom. The minimum Gasteiger partial charge on any atom is -0.460 e. The van der Waals surface area contributed by atoms with Gasteiger partial charge in [-0.3, -0.25) is 4.79 Å². The van der Waals surface area contributed by atoms with E-state index in [1.165, 1.54) is 30.5 Å². The number of fused-ring (bicyclic) bond motifs is 3. The zero-order valence-corrected chi connectivity index (χ0v) is 18.6. The second-order valence-electron chi connectivity index (χ2n) is 8.07. The van der Waals surface area contributed by atoms with Crippen LogP contribution in [0.15, 0.2) is 116 Å². The fraction of sp³-hybridized carbons (Fsp3) is 0. The van der Waals surface area contributed by atoms with E-state index in [1.807, 2.05) is 36.4 Å². The number of benzene rings is 4. The summed E-state index contributed by atoms with van der Waals surface area (Å²) >= 11 is 0. The molecule has 0 amide bonds. The van der Waals surface area contributed by atoms with Crippen molar-refractivity contribution in [1.82, 2.24) is 0 Å². The summed E-state index contributed by atoms with van der Waals surface area (Å²) in [6, 6.07) is 25.9. The second-order valence-corrected chi connectivity index (χ2v) is 8.07. The maximum atomic E-state index is 13.0. The lowest BCUT2D eigenvalue weighted by Crippen LogP contribution is -2.18. The van der Waals surface area contributed by atoms with Crippen molar-refractivity contribution in [2.75, 3.05) is 0 Å². The van der Waals surface area contributed by atoms with Gasteiger partial charge in [0.2, 0.25) is 11.2 Å². The average molecular weight is 476 g/mol. The van der Waals surface area contributed by atoms with Crippen molar-refractivity contribution in [1.29, 1.82) is 0 Å². The molecule has 174 valence electrons. The lowest BCUT2D eigenvalue weighted by Gasteiger charge is -2.08. The van der Waals surface area contributed by atoms with Crippen LogP contribution < -0.4 is 20.5 Å². The zero-order chi connectivity index (χ0) is 24.6.